The predicted octanol–water partition coefficient (Wildman–Crippen LogP) is 0.704. The van der Waals surface area contributed by atoms with Crippen LogP contribution in [0.2, 0.25) is 0 Å². The van der Waals surface area contributed by atoms with E-state index in [0.29, 0.717) is 17.9 Å². The largest absolute Gasteiger partial charge is 0.366 e. The van der Waals surface area contributed by atoms with Gasteiger partial charge in [-0.25, -0.2) is 0 Å². The van der Waals surface area contributed by atoms with Crippen LogP contribution in [0.25, 0.3) is 0 Å². The lowest BCUT2D eigenvalue weighted by atomic mass is 10.3. The first-order valence-corrected chi connectivity index (χ1v) is 7.50. The van der Waals surface area contributed by atoms with Crippen LogP contribution in [0.3, 0.4) is 0 Å². The van der Waals surface area contributed by atoms with Crippen LogP contribution < -0.4 is 11.1 Å². The second-order valence-electron chi connectivity index (χ2n) is 3.69. The van der Waals surface area contributed by atoms with Crippen molar-refractivity contribution in [3.63, 3.8) is 0 Å². The molecule has 0 radical (unpaired) electrons. The van der Waals surface area contributed by atoms with E-state index in [4.69, 9.17) is 5.73 Å². The van der Waals surface area contributed by atoms with Gasteiger partial charge in [-0.2, -0.15) is 0 Å². The Morgan fingerprint density at radius 3 is 2.88 bits per heavy atom. The number of primary amides is 1. The van der Waals surface area contributed by atoms with E-state index in [-0.39, 0.29) is 6.04 Å². The summed E-state index contributed by atoms with van der Waals surface area (Å²) >= 11 is 1.50. The van der Waals surface area contributed by atoms with Crippen molar-refractivity contribution in [3.8, 4) is 0 Å². The molecule has 1 heterocycles. The fourth-order valence-electron chi connectivity index (χ4n) is 1.29. The number of carbonyl (C=O) groups is 1. The molecular formula is C10H16N2O2S2. The van der Waals surface area contributed by atoms with Crippen LogP contribution in [-0.4, -0.2) is 28.2 Å². The van der Waals surface area contributed by atoms with Crippen molar-refractivity contribution in [1.82, 2.24) is 5.32 Å². The maximum atomic E-state index is 11.0. The van der Waals surface area contributed by atoms with Crippen molar-refractivity contribution in [2.45, 2.75) is 19.5 Å². The number of amides is 1. The van der Waals surface area contributed by atoms with E-state index in [0.717, 1.165) is 4.88 Å². The van der Waals surface area contributed by atoms with Gasteiger partial charge in [0.25, 0.3) is 0 Å². The summed E-state index contributed by atoms with van der Waals surface area (Å²) in [6.07, 6.45) is 1.69. The molecule has 4 nitrogen and oxygen atoms in total. The van der Waals surface area contributed by atoms with Crippen molar-refractivity contribution in [2.24, 2.45) is 5.73 Å². The Morgan fingerprint density at radius 2 is 2.38 bits per heavy atom. The van der Waals surface area contributed by atoms with Gasteiger partial charge in [-0.3, -0.25) is 9.00 Å². The SMILES string of the molecule is CC(CS(C)=O)NCc1cc(C(N)=O)cs1. The summed E-state index contributed by atoms with van der Waals surface area (Å²) in [5.41, 5.74) is 5.71. The monoisotopic (exact) mass is 260 g/mol. The maximum absolute atomic E-state index is 11.0. The molecule has 90 valence electrons. The normalized spacial score (nSPS) is 14.6. The summed E-state index contributed by atoms with van der Waals surface area (Å²) in [7, 11) is -0.789. The number of thiophene rings is 1. The fourth-order valence-corrected chi connectivity index (χ4v) is 2.93. The topological polar surface area (TPSA) is 72.2 Å². The minimum Gasteiger partial charge on any atom is -0.366 e. The summed E-state index contributed by atoms with van der Waals surface area (Å²) in [5.74, 6) is 0.235. The zero-order valence-electron chi connectivity index (χ0n) is 9.36. The molecule has 6 heteroatoms. The predicted molar refractivity (Wildman–Crippen MR) is 68.1 cm³/mol. The van der Waals surface area contributed by atoms with E-state index < -0.39 is 16.7 Å². The molecule has 0 aliphatic heterocycles. The molecule has 16 heavy (non-hydrogen) atoms. The number of carbonyl (C=O) groups excluding carboxylic acids is 1. The Morgan fingerprint density at radius 1 is 1.69 bits per heavy atom. The Labute approximate surface area is 102 Å². The molecule has 1 aromatic heterocycles. The van der Waals surface area contributed by atoms with Crippen LogP contribution in [0.1, 0.15) is 22.2 Å². The average Bonchev–Trinajstić information content (AvgIpc) is 2.61. The lowest BCUT2D eigenvalue weighted by Gasteiger charge is -2.10. The Bertz CT molecular complexity index is 390. The molecule has 3 N–H and O–H groups in total. The summed E-state index contributed by atoms with van der Waals surface area (Å²) in [5, 5.41) is 5.00. The van der Waals surface area contributed by atoms with Gasteiger partial charge in [0.1, 0.15) is 0 Å². The van der Waals surface area contributed by atoms with E-state index in [9.17, 15) is 9.00 Å². The van der Waals surface area contributed by atoms with E-state index in [1.807, 2.05) is 6.92 Å². The van der Waals surface area contributed by atoms with Crippen molar-refractivity contribution in [1.29, 1.82) is 0 Å². The highest BCUT2D eigenvalue weighted by atomic mass is 32.2. The molecule has 0 saturated carbocycles. The Kier molecular flexibility index (Phi) is 5.11. The van der Waals surface area contributed by atoms with E-state index in [1.165, 1.54) is 11.3 Å². The van der Waals surface area contributed by atoms with Crippen LogP contribution in [0.15, 0.2) is 11.4 Å². The molecule has 0 aliphatic carbocycles. The van der Waals surface area contributed by atoms with Gasteiger partial charge in [-0.05, 0) is 13.0 Å². The van der Waals surface area contributed by atoms with Gasteiger partial charge in [-0.15, -0.1) is 11.3 Å². The Hall–Kier alpha value is -0.720. The van der Waals surface area contributed by atoms with Crippen molar-refractivity contribution in [3.05, 3.63) is 21.9 Å². The number of nitrogens with two attached hydrogens (primary N) is 1. The van der Waals surface area contributed by atoms with Crippen molar-refractivity contribution in [2.75, 3.05) is 12.0 Å². The summed E-state index contributed by atoms with van der Waals surface area (Å²) in [4.78, 5) is 11.9. The molecule has 0 fully saturated rings. The first kappa shape index (κ1) is 13.3. The van der Waals surface area contributed by atoms with Crippen molar-refractivity contribution < 1.29 is 9.00 Å². The number of hydrogen-bond acceptors (Lipinski definition) is 4. The quantitative estimate of drug-likeness (QED) is 0.791. The molecule has 2 unspecified atom stereocenters. The highest BCUT2D eigenvalue weighted by Gasteiger charge is 2.07. The highest BCUT2D eigenvalue weighted by Crippen LogP contribution is 2.14. The van der Waals surface area contributed by atoms with Crippen LogP contribution in [0.4, 0.5) is 0 Å². The molecule has 1 rings (SSSR count). The fraction of sp³-hybridized carbons (Fsp3) is 0.500. The highest BCUT2D eigenvalue weighted by molar-refractivity contribution is 7.84. The Balaban J connectivity index is 2.42. The van der Waals surface area contributed by atoms with Gasteiger partial charge in [0.15, 0.2) is 0 Å². The molecular weight excluding hydrogens is 244 g/mol. The third-order valence-electron chi connectivity index (χ3n) is 2.05. The third kappa shape index (κ3) is 4.42. The first-order chi connectivity index (χ1) is 7.49. The number of nitrogens with one attached hydrogen (secondary N) is 1. The lowest BCUT2D eigenvalue weighted by molar-refractivity contribution is 0.100. The smallest absolute Gasteiger partial charge is 0.249 e. The zero-order chi connectivity index (χ0) is 12.1. The average molecular weight is 260 g/mol. The summed E-state index contributed by atoms with van der Waals surface area (Å²) in [6.45, 7) is 2.67. The van der Waals surface area contributed by atoms with Crippen LogP contribution >= 0.6 is 11.3 Å². The van der Waals surface area contributed by atoms with Gasteiger partial charge in [0.05, 0.1) is 5.56 Å². The lowest BCUT2D eigenvalue weighted by Crippen LogP contribution is -2.30. The molecule has 1 aromatic rings. The minimum atomic E-state index is -0.789. The molecule has 2 atom stereocenters. The zero-order valence-corrected chi connectivity index (χ0v) is 11.0. The van der Waals surface area contributed by atoms with E-state index >= 15 is 0 Å². The number of hydrogen-bond donors (Lipinski definition) is 2. The maximum Gasteiger partial charge on any atom is 0.249 e. The standard InChI is InChI=1S/C10H16N2O2S2/c1-7(6-16(2)14)12-4-9-3-8(5-15-9)10(11)13/h3,5,7,12H,4,6H2,1-2H3,(H2,11,13). The van der Waals surface area contributed by atoms with Crippen molar-refractivity contribution >= 4 is 28.0 Å². The van der Waals surface area contributed by atoms with Gasteiger partial charge in [-0.1, -0.05) is 0 Å². The van der Waals surface area contributed by atoms with Gasteiger partial charge in [0.2, 0.25) is 5.91 Å². The van der Waals surface area contributed by atoms with Gasteiger partial charge in [0, 0.05) is 45.7 Å². The molecule has 1 amide bonds. The van der Waals surface area contributed by atoms with Crippen LogP contribution in [-0.2, 0) is 17.3 Å². The molecule has 0 saturated heterocycles. The van der Waals surface area contributed by atoms with E-state index in [2.05, 4.69) is 5.32 Å². The second kappa shape index (κ2) is 6.12. The van der Waals surface area contributed by atoms with Gasteiger partial charge >= 0.3 is 0 Å². The third-order valence-corrected chi connectivity index (χ3v) is 3.95. The second-order valence-corrected chi connectivity index (χ2v) is 6.16. The van der Waals surface area contributed by atoms with E-state index in [1.54, 1.807) is 17.7 Å². The van der Waals surface area contributed by atoms with Crippen LogP contribution in [0.5, 0.6) is 0 Å². The summed E-state index contributed by atoms with van der Waals surface area (Å²) in [6, 6.07) is 1.99. The summed E-state index contributed by atoms with van der Waals surface area (Å²) < 4.78 is 11.0. The van der Waals surface area contributed by atoms with Crippen LogP contribution in [0, 0.1) is 0 Å². The minimum absolute atomic E-state index is 0.199. The number of rotatable bonds is 6. The molecule has 0 aliphatic rings. The molecule has 0 bridgehead atoms. The van der Waals surface area contributed by atoms with Gasteiger partial charge < -0.3 is 11.1 Å². The molecule has 0 aromatic carbocycles. The first-order valence-electron chi connectivity index (χ1n) is 4.89. The molecule has 0 spiro atoms.